The van der Waals surface area contributed by atoms with Crippen LogP contribution in [0.5, 0.6) is 17.2 Å². The Morgan fingerprint density at radius 2 is 1.74 bits per heavy atom. The zero-order valence-corrected chi connectivity index (χ0v) is 13.0. The Labute approximate surface area is 132 Å². The number of hydrogen-bond donors (Lipinski definition) is 1. The molecule has 3 rings (SSSR count). The standard InChI is InChI=1S/C18H16O5/c1-10-15(22-3)8-13(19)17-14(20)9-16(23-18(10)17)11-4-6-12(21-2)7-5-11/h4-9,19H,1-3H3. The van der Waals surface area contributed by atoms with Crippen LogP contribution in [0.2, 0.25) is 0 Å². The molecule has 0 unspecified atom stereocenters. The van der Waals surface area contributed by atoms with Crippen LogP contribution in [0.3, 0.4) is 0 Å². The third-order valence-corrected chi connectivity index (χ3v) is 3.78. The van der Waals surface area contributed by atoms with E-state index in [1.807, 2.05) is 0 Å². The maximum absolute atomic E-state index is 12.4. The highest BCUT2D eigenvalue weighted by molar-refractivity contribution is 5.89. The summed E-state index contributed by atoms with van der Waals surface area (Å²) in [5.41, 5.74) is 1.42. The largest absolute Gasteiger partial charge is 0.507 e. The van der Waals surface area contributed by atoms with Crippen LogP contribution in [0.4, 0.5) is 0 Å². The van der Waals surface area contributed by atoms with Crippen molar-refractivity contribution in [1.82, 2.24) is 0 Å². The third kappa shape index (κ3) is 2.50. The molecule has 0 bridgehead atoms. The molecule has 0 aliphatic heterocycles. The number of ether oxygens (including phenoxy) is 2. The van der Waals surface area contributed by atoms with E-state index in [4.69, 9.17) is 13.9 Å². The molecule has 1 heterocycles. The summed E-state index contributed by atoms with van der Waals surface area (Å²) in [7, 11) is 3.09. The van der Waals surface area contributed by atoms with Crippen LogP contribution in [0.15, 0.2) is 45.6 Å². The van der Waals surface area contributed by atoms with E-state index < -0.39 is 0 Å². The predicted molar refractivity (Wildman–Crippen MR) is 87.4 cm³/mol. The molecule has 0 atom stereocenters. The quantitative estimate of drug-likeness (QED) is 0.801. The van der Waals surface area contributed by atoms with Gasteiger partial charge >= 0.3 is 0 Å². The number of hydrogen-bond acceptors (Lipinski definition) is 5. The Morgan fingerprint density at radius 3 is 2.35 bits per heavy atom. The van der Waals surface area contributed by atoms with Gasteiger partial charge in [-0.1, -0.05) is 0 Å². The summed E-state index contributed by atoms with van der Waals surface area (Å²) >= 11 is 0. The highest BCUT2D eigenvalue weighted by Gasteiger charge is 2.16. The number of methoxy groups -OCH3 is 2. The van der Waals surface area contributed by atoms with Crippen molar-refractivity contribution >= 4 is 11.0 Å². The molecular formula is C18H16O5. The summed E-state index contributed by atoms with van der Waals surface area (Å²) in [6, 6.07) is 9.97. The lowest BCUT2D eigenvalue weighted by molar-refractivity contribution is 0.405. The van der Waals surface area contributed by atoms with E-state index in [2.05, 4.69) is 0 Å². The molecule has 2 aromatic carbocycles. The van der Waals surface area contributed by atoms with E-state index in [1.165, 1.54) is 19.2 Å². The summed E-state index contributed by atoms with van der Waals surface area (Å²) < 4.78 is 16.2. The lowest BCUT2D eigenvalue weighted by atomic mass is 10.1. The van der Waals surface area contributed by atoms with Gasteiger partial charge in [-0.05, 0) is 31.2 Å². The lowest BCUT2D eigenvalue weighted by Crippen LogP contribution is -2.03. The number of fused-ring (bicyclic) bond motifs is 1. The molecule has 0 aliphatic rings. The van der Waals surface area contributed by atoms with Crippen molar-refractivity contribution in [2.45, 2.75) is 6.92 Å². The van der Waals surface area contributed by atoms with Crippen LogP contribution in [0, 0.1) is 6.92 Å². The fourth-order valence-electron chi connectivity index (χ4n) is 2.53. The van der Waals surface area contributed by atoms with Crippen molar-refractivity contribution in [3.05, 3.63) is 52.2 Å². The molecule has 0 saturated carbocycles. The second-order valence-electron chi connectivity index (χ2n) is 5.13. The van der Waals surface area contributed by atoms with Crippen molar-refractivity contribution < 1.29 is 19.0 Å². The first-order valence-corrected chi connectivity index (χ1v) is 7.04. The van der Waals surface area contributed by atoms with Crippen molar-refractivity contribution in [1.29, 1.82) is 0 Å². The fraction of sp³-hybridized carbons (Fsp3) is 0.167. The second-order valence-corrected chi connectivity index (χ2v) is 5.13. The number of rotatable bonds is 3. The maximum Gasteiger partial charge on any atom is 0.197 e. The first-order valence-electron chi connectivity index (χ1n) is 7.04. The van der Waals surface area contributed by atoms with Gasteiger partial charge in [0.15, 0.2) is 5.43 Å². The summed E-state index contributed by atoms with van der Waals surface area (Å²) in [6.45, 7) is 1.78. The van der Waals surface area contributed by atoms with Crippen molar-refractivity contribution in [2.75, 3.05) is 14.2 Å². The lowest BCUT2D eigenvalue weighted by Gasteiger charge is -2.10. The Bertz CT molecular complexity index is 923. The van der Waals surface area contributed by atoms with Crippen LogP contribution in [0.25, 0.3) is 22.3 Å². The minimum atomic E-state index is -0.305. The van der Waals surface area contributed by atoms with E-state index in [1.54, 1.807) is 38.3 Å². The zero-order valence-electron chi connectivity index (χ0n) is 13.0. The number of phenolic OH excluding ortho intramolecular Hbond substituents is 1. The van der Waals surface area contributed by atoms with E-state index in [-0.39, 0.29) is 16.6 Å². The van der Waals surface area contributed by atoms with Gasteiger partial charge in [-0.25, -0.2) is 0 Å². The van der Waals surface area contributed by atoms with Gasteiger partial charge in [0, 0.05) is 23.3 Å². The molecule has 0 spiro atoms. The number of benzene rings is 2. The first kappa shape index (κ1) is 15.0. The topological polar surface area (TPSA) is 68.9 Å². The molecule has 23 heavy (non-hydrogen) atoms. The average Bonchev–Trinajstić information content (AvgIpc) is 2.57. The molecule has 118 valence electrons. The normalized spacial score (nSPS) is 10.7. The van der Waals surface area contributed by atoms with Gasteiger partial charge in [0.2, 0.25) is 0 Å². The van der Waals surface area contributed by atoms with E-state index in [0.29, 0.717) is 28.4 Å². The molecule has 5 heteroatoms. The Hall–Kier alpha value is -2.95. The number of aryl methyl sites for hydroxylation is 1. The van der Waals surface area contributed by atoms with Gasteiger partial charge in [0.25, 0.3) is 0 Å². The number of phenols is 1. The minimum absolute atomic E-state index is 0.153. The maximum atomic E-state index is 12.4. The van der Waals surface area contributed by atoms with Crippen molar-refractivity contribution in [3.8, 4) is 28.6 Å². The highest BCUT2D eigenvalue weighted by atomic mass is 16.5. The monoisotopic (exact) mass is 312 g/mol. The van der Waals surface area contributed by atoms with E-state index in [9.17, 15) is 9.90 Å². The zero-order chi connectivity index (χ0) is 16.6. The Morgan fingerprint density at radius 1 is 1.04 bits per heavy atom. The smallest absolute Gasteiger partial charge is 0.197 e. The summed E-state index contributed by atoms with van der Waals surface area (Å²) in [5, 5.41) is 10.2. The summed E-state index contributed by atoms with van der Waals surface area (Å²) in [6.07, 6.45) is 0. The van der Waals surface area contributed by atoms with Gasteiger partial charge in [-0.15, -0.1) is 0 Å². The molecular weight excluding hydrogens is 296 g/mol. The molecule has 3 aromatic rings. The van der Waals surface area contributed by atoms with E-state index >= 15 is 0 Å². The highest BCUT2D eigenvalue weighted by Crippen LogP contribution is 2.35. The van der Waals surface area contributed by atoms with Crippen LogP contribution < -0.4 is 14.9 Å². The van der Waals surface area contributed by atoms with Crippen LogP contribution in [-0.4, -0.2) is 19.3 Å². The van der Waals surface area contributed by atoms with Crippen LogP contribution >= 0.6 is 0 Å². The molecule has 5 nitrogen and oxygen atoms in total. The van der Waals surface area contributed by atoms with Crippen molar-refractivity contribution in [2.24, 2.45) is 0 Å². The molecule has 0 radical (unpaired) electrons. The Balaban J connectivity index is 2.27. The average molecular weight is 312 g/mol. The van der Waals surface area contributed by atoms with Gasteiger partial charge in [0.1, 0.15) is 34.0 Å². The molecule has 1 N–H and O–H groups in total. The fourth-order valence-corrected chi connectivity index (χ4v) is 2.53. The van der Waals surface area contributed by atoms with Crippen LogP contribution in [-0.2, 0) is 0 Å². The number of aromatic hydroxyl groups is 1. The summed E-state index contributed by atoms with van der Waals surface area (Å²) in [4.78, 5) is 12.4. The van der Waals surface area contributed by atoms with Gasteiger partial charge < -0.3 is 19.0 Å². The summed E-state index contributed by atoms with van der Waals surface area (Å²) in [5.74, 6) is 1.44. The first-order chi connectivity index (χ1) is 11.0. The molecule has 0 amide bonds. The Kier molecular flexibility index (Phi) is 3.70. The van der Waals surface area contributed by atoms with Gasteiger partial charge in [0.05, 0.1) is 14.2 Å². The minimum Gasteiger partial charge on any atom is -0.507 e. The molecule has 1 aromatic heterocycles. The van der Waals surface area contributed by atoms with E-state index in [0.717, 1.165) is 5.56 Å². The van der Waals surface area contributed by atoms with Crippen LogP contribution in [0.1, 0.15) is 5.56 Å². The molecule has 0 aliphatic carbocycles. The second kappa shape index (κ2) is 5.68. The SMILES string of the molecule is COc1ccc(-c2cc(=O)c3c(O)cc(OC)c(C)c3o2)cc1. The molecule has 0 fully saturated rings. The van der Waals surface area contributed by atoms with Gasteiger partial charge in [-0.3, -0.25) is 4.79 Å². The predicted octanol–water partition coefficient (Wildman–Crippen LogP) is 3.49. The molecule has 0 saturated heterocycles. The third-order valence-electron chi connectivity index (χ3n) is 3.78. The van der Waals surface area contributed by atoms with Crippen molar-refractivity contribution in [3.63, 3.8) is 0 Å². The van der Waals surface area contributed by atoms with Gasteiger partial charge in [-0.2, -0.15) is 0 Å².